The summed E-state index contributed by atoms with van der Waals surface area (Å²) in [6, 6.07) is -0.0254. The van der Waals surface area contributed by atoms with E-state index < -0.39 is 11.7 Å². The Morgan fingerprint density at radius 1 is 1.07 bits per heavy atom. The smallest absolute Gasteiger partial charge is 0.408 e. The fourth-order valence-electron chi connectivity index (χ4n) is 2.60. The van der Waals surface area contributed by atoms with Gasteiger partial charge in [-0.15, -0.1) is 0 Å². The monoisotopic (exact) mass is 385 g/mol. The molecule has 0 aromatic carbocycles. The van der Waals surface area contributed by atoms with E-state index in [1.54, 1.807) is 32.6 Å². The lowest BCUT2D eigenvalue weighted by molar-refractivity contribution is -0.144. The molecule has 3 amide bonds. The summed E-state index contributed by atoms with van der Waals surface area (Å²) >= 11 is 0. The maximum atomic E-state index is 12.2. The van der Waals surface area contributed by atoms with Crippen LogP contribution in [0.25, 0.3) is 0 Å². The number of ether oxygens (including phenoxy) is 2. The van der Waals surface area contributed by atoms with Crippen LogP contribution in [0.5, 0.6) is 0 Å². The van der Waals surface area contributed by atoms with Gasteiger partial charge in [0.2, 0.25) is 11.8 Å². The van der Waals surface area contributed by atoms with Crippen LogP contribution >= 0.6 is 0 Å². The molecule has 2 N–H and O–H groups in total. The number of likely N-dealkylation sites (tertiary alicyclic amines) is 1. The van der Waals surface area contributed by atoms with Crippen molar-refractivity contribution in [2.45, 2.75) is 65.0 Å². The second-order valence-corrected chi connectivity index (χ2v) is 7.38. The number of alkyl carbamates (subject to hydrolysis) is 1. The average Bonchev–Trinajstić information content (AvgIpc) is 2.57. The third-order valence-electron chi connectivity index (χ3n) is 3.86. The Hall–Kier alpha value is -2.32. The summed E-state index contributed by atoms with van der Waals surface area (Å²) in [5.74, 6) is -0.766. The Bertz CT molecular complexity index is 536. The molecule has 0 aromatic rings. The number of rotatable bonds is 7. The molecule has 9 heteroatoms. The summed E-state index contributed by atoms with van der Waals surface area (Å²) in [7, 11) is 0. The van der Waals surface area contributed by atoms with Crippen LogP contribution in [-0.2, 0) is 23.9 Å². The lowest BCUT2D eigenvalue weighted by Gasteiger charge is -2.32. The second-order valence-electron chi connectivity index (χ2n) is 7.38. The summed E-state index contributed by atoms with van der Waals surface area (Å²) < 4.78 is 9.88. The van der Waals surface area contributed by atoms with Crippen molar-refractivity contribution in [1.82, 2.24) is 15.5 Å². The molecule has 1 fully saturated rings. The molecule has 1 aliphatic heterocycles. The minimum absolute atomic E-state index is 0.0254. The van der Waals surface area contributed by atoms with Crippen molar-refractivity contribution in [2.75, 3.05) is 26.2 Å². The molecule has 0 bridgehead atoms. The van der Waals surface area contributed by atoms with E-state index in [-0.39, 0.29) is 43.2 Å². The third kappa shape index (κ3) is 9.81. The molecule has 9 nitrogen and oxygen atoms in total. The number of esters is 1. The molecule has 0 aliphatic carbocycles. The van der Waals surface area contributed by atoms with Crippen LogP contribution in [0.1, 0.15) is 53.4 Å². The highest BCUT2D eigenvalue weighted by Gasteiger charge is 2.25. The molecular formula is C18H31N3O6. The van der Waals surface area contributed by atoms with Crippen molar-refractivity contribution in [3.05, 3.63) is 0 Å². The number of hydrogen-bond acceptors (Lipinski definition) is 6. The van der Waals surface area contributed by atoms with Gasteiger partial charge in [-0.3, -0.25) is 14.4 Å². The Kier molecular flexibility index (Phi) is 9.04. The van der Waals surface area contributed by atoms with Gasteiger partial charge >= 0.3 is 12.1 Å². The Balaban J connectivity index is 2.25. The van der Waals surface area contributed by atoms with E-state index in [1.807, 2.05) is 0 Å². The average molecular weight is 385 g/mol. The summed E-state index contributed by atoms with van der Waals surface area (Å²) in [5.41, 5.74) is -0.614. The van der Waals surface area contributed by atoms with Gasteiger partial charge in [-0.25, -0.2) is 4.79 Å². The number of amides is 3. The first-order valence-electron chi connectivity index (χ1n) is 9.30. The first kappa shape index (κ1) is 22.7. The zero-order valence-corrected chi connectivity index (χ0v) is 16.6. The summed E-state index contributed by atoms with van der Waals surface area (Å²) in [6.45, 7) is 8.15. The molecule has 0 saturated carbocycles. The second kappa shape index (κ2) is 10.7. The molecule has 0 radical (unpaired) electrons. The Morgan fingerprint density at radius 3 is 2.26 bits per heavy atom. The van der Waals surface area contributed by atoms with Crippen molar-refractivity contribution in [1.29, 1.82) is 0 Å². The molecular weight excluding hydrogens is 354 g/mol. The van der Waals surface area contributed by atoms with Crippen LogP contribution in [0.4, 0.5) is 4.79 Å². The van der Waals surface area contributed by atoms with Gasteiger partial charge in [-0.05, 0) is 40.5 Å². The van der Waals surface area contributed by atoms with Gasteiger partial charge in [0.15, 0.2) is 0 Å². The third-order valence-corrected chi connectivity index (χ3v) is 3.86. The Labute approximate surface area is 160 Å². The largest absolute Gasteiger partial charge is 0.466 e. The van der Waals surface area contributed by atoms with E-state index in [0.717, 1.165) is 0 Å². The highest BCUT2D eigenvalue weighted by atomic mass is 16.6. The number of piperidine rings is 1. The lowest BCUT2D eigenvalue weighted by atomic mass is 10.0. The minimum Gasteiger partial charge on any atom is -0.466 e. The SMILES string of the molecule is CCOC(=O)CCC(=O)NC1CCN(C(=O)CNC(=O)OC(C)(C)C)CC1. The van der Waals surface area contributed by atoms with Gasteiger partial charge in [0.25, 0.3) is 0 Å². The summed E-state index contributed by atoms with van der Waals surface area (Å²) in [5, 5.41) is 5.33. The minimum atomic E-state index is -0.625. The predicted octanol–water partition coefficient (Wildman–Crippen LogP) is 0.962. The summed E-state index contributed by atoms with van der Waals surface area (Å²) in [4.78, 5) is 48.5. The first-order chi connectivity index (χ1) is 12.6. The maximum Gasteiger partial charge on any atom is 0.408 e. The first-order valence-corrected chi connectivity index (χ1v) is 9.30. The normalized spacial score (nSPS) is 15.0. The molecule has 0 atom stereocenters. The number of nitrogens with one attached hydrogen (secondary N) is 2. The zero-order chi connectivity index (χ0) is 20.4. The number of carbonyl (C=O) groups is 4. The van der Waals surface area contributed by atoms with E-state index in [1.165, 1.54) is 0 Å². The van der Waals surface area contributed by atoms with Crippen molar-refractivity contribution >= 4 is 23.9 Å². The maximum absolute atomic E-state index is 12.2. The molecule has 0 spiro atoms. The Morgan fingerprint density at radius 2 is 1.70 bits per heavy atom. The number of hydrogen-bond donors (Lipinski definition) is 2. The van der Waals surface area contributed by atoms with Gasteiger partial charge in [0.1, 0.15) is 12.1 Å². The van der Waals surface area contributed by atoms with E-state index in [2.05, 4.69) is 10.6 Å². The fraction of sp³-hybridized carbons (Fsp3) is 0.778. The number of nitrogens with zero attached hydrogens (tertiary/aromatic N) is 1. The highest BCUT2D eigenvalue weighted by molar-refractivity contribution is 5.83. The van der Waals surface area contributed by atoms with Gasteiger partial charge in [-0.2, -0.15) is 0 Å². The van der Waals surface area contributed by atoms with Crippen LogP contribution in [0.3, 0.4) is 0 Å². The topological polar surface area (TPSA) is 114 Å². The van der Waals surface area contributed by atoms with E-state index in [9.17, 15) is 19.2 Å². The van der Waals surface area contributed by atoms with Crippen LogP contribution < -0.4 is 10.6 Å². The van der Waals surface area contributed by atoms with Crippen molar-refractivity contribution < 1.29 is 28.7 Å². The summed E-state index contributed by atoms with van der Waals surface area (Å²) in [6.07, 6.45) is 0.789. The van der Waals surface area contributed by atoms with Gasteiger partial charge in [-0.1, -0.05) is 0 Å². The van der Waals surface area contributed by atoms with Crippen LogP contribution in [0.2, 0.25) is 0 Å². The van der Waals surface area contributed by atoms with Gasteiger partial charge in [0.05, 0.1) is 13.0 Å². The zero-order valence-electron chi connectivity index (χ0n) is 16.6. The lowest BCUT2D eigenvalue weighted by Crippen LogP contribution is -2.49. The molecule has 1 aliphatic rings. The molecule has 0 unspecified atom stereocenters. The highest BCUT2D eigenvalue weighted by Crippen LogP contribution is 2.11. The molecule has 1 saturated heterocycles. The van der Waals surface area contributed by atoms with E-state index in [4.69, 9.17) is 9.47 Å². The van der Waals surface area contributed by atoms with Gasteiger partial charge < -0.3 is 25.0 Å². The van der Waals surface area contributed by atoms with Crippen LogP contribution in [0, 0.1) is 0 Å². The number of carbonyl (C=O) groups excluding carboxylic acids is 4. The molecule has 1 rings (SSSR count). The van der Waals surface area contributed by atoms with Crippen molar-refractivity contribution in [2.24, 2.45) is 0 Å². The molecule has 154 valence electrons. The van der Waals surface area contributed by atoms with Crippen LogP contribution in [0.15, 0.2) is 0 Å². The quantitative estimate of drug-likeness (QED) is 0.631. The van der Waals surface area contributed by atoms with E-state index in [0.29, 0.717) is 32.5 Å². The molecule has 0 aromatic heterocycles. The van der Waals surface area contributed by atoms with Gasteiger partial charge in [0, 0.05) is 25.6 Å². The van der Waals surface area contributed by atoms with E-state index >= 15 is 0 Å². The standard InChI is InChI=1S/C18H31N3O6/c1-5-26-16(24)7-6-14(22)20-13-8-10-21(11-9-13)15(23)12-19-17(25)27-18(2,3)4/h13H,5-12H2,1-4H3,(H,19,25)(H,20,22). The molecule has 1 heterocycles. The van der Waals surface area contributed by atoms with Crippen molar-refractivity contribution in [3.8, 4) is 0 Å². The predicted molar refractivity (Wildman–Crippen MR) is 97.8 cm³/mol. The van der Waals surface area contributed by atoms with Crippen LogP contribution in [-0.4, -0.2) is 66.7 Å². The fourth-order valence-corrected chi connectivity index (χ4v) is 2.60. The van der Waals surface area contributed by atoms with Crippen molar-refractivity contribution in [3.63, 3.8) is 0 Å². The molecule has 27 heavy (non-hydrogen) atoms.